The molecule has 1 N–H and O–H groups in total. The van der Waals surface area contributed by atoms with E-state index in [1.807, 2.05) is 6.07 Å². The van der Waals surface area contributed by atoms with Gasteiger partial charge in [-0.1, -0.05) is 6.07 Å². The van der Waals surface area contributed by atoms with Crippen molar-refractivity contribution in [2.24, 2.45) is 5.92 Å². The van der Waals surface area contributed by atoms with Gasteiger partial charge >= 0.3 is 5.97 Å². The molecule has 1 aliphatic rings. The maximum Gasteiger partial charge on any atom is 0.306 e. The summed E-state index contributed by atoms with van der Waals surface area (Å²) >= 11 is 3.11. The van der Waals surface area contributed by atoms with Crippen LogP contribution in [0.3, 0.4) is 0 Å². The van der Waals surface area contributed by atoms with Crippen LogP contribution in [0.4, 0.5) is 4.39 Å². The van der Waals surface area contributed by atoms with Gasteiger partial charge in [-0.05, 0) is 52.4 Å². The number of carboxylic acids is 1. The Morgan fingerprint density at radius 3 is 2.93 bits per heavy atom. The van der Waals surface area contributed by atoms with Crippen LogP contribution < -0.4 is 0 Å². The van der Waals surface area contributed by atoms with E-state index in [4.69, 9.17) is 5.11 Å². The van der Waals surface area contributed by atoms with E-state index in [2.05, 4.69) is 15.9 Å². The smallest absolute Gasteiger partial charge is 0.306 e. The predicted octanol–water partition coefficient (Wildman–Crippen LogP) is 2.78. The fourth-order valence-electron chi connectivity index (χ4n) is 1.98. The van der Waals surface area contributed by atoms with Gasteiger partial charge in [-0.15, -0.1) is 0 Å². The lowest BCUT2D eigenvalue weighted by atomic mass is 9.84. The van der Waals surface area contributed by atoms with Crippen LogP contribution in [-0.2, 0) is 17.6 Å². The van der Waals surface area contributed by atoms with Crippen LogP contribution in [0.2, 0.25) is 0 Å². The van der Waals surface area contributed by atoms with Crippen LogP contribution in [0.25, 0.3) is 0 Å². The number of aliphatic carboxylic acids is 1. The van der Waals surface area contributed by atoms with Crippen molar-refractivity contribution < 1.29 is 14.3 Å². The number of benzene rings is 1. The third-order valence-corrected chi connectivity index (χ3v) is 3.47. The lowest BCUT2D eigenvalue weighted by molar-refractivity contribution is -0.142. The molecular weight excluding hydrogens is 263 g/mol. The fraction of sp³-hybridized carbons (Fsp3) is 0.364. The van der Waals surface area contributed by atoms with Gasteiger partial charge in [-0.25, -0.2) is 4.39 Å². The molecule has 0 radical (unpaired) electrons. The van der Waals surface area contributed by atoms with Gasteiger partial charge in [-0.2, -0.15) is 0 Å². The molecule has 0 amide bonds. The number of hydrogen-bond acceptors (Lipinski definition) is 1. The molecule has 0 saturated heterocycles. The van der Waals surface area contributed by atoms with E-state index in [1.165, 1.54) is 0 Å². The number of carbonyl (C=O) groups is 1. The van der Waals surface area contributed by atoms with E-state index in [0.717, 1.165) is 5.56 Å². The number of fused-ring (bicyclic) bond motifs is 1. The van der Waals surface area contributed by atoms with Crippen LogP contribution >= 0.6 is 15.9 Å². The second-order valence-electron chi connectivity index (χ2n) is 3.78. The molecule has 1 aromatic rings. The average molecular weight is 273 g/mol. The molecule has 0 fully saturated rings. The van der Waals surface area contributed by atoms with Gasteiger partial charge in [0.2, 0.25) is 0 Å². The van der Waals surface area contributed by atoms with Crippen LogP contribution in [0.1, 0.15) is 17.5 Å². The zero-order valence-electron chi connectivity index (χ0n) is 7.96. The van der Waals surface area contributed by atoms with E-state index in [-0.39, 0.29) is 5.82 Å². The zero-order chi connectivity index (χ0) is 11.0. The minimum Gasteiger partial charge on any atom is -0.481 e. The number of aryl methyl sites for hydroxylation is 1. The van der Waals surface area contributed by atoms with Gasteiger partial charge in [0.05, 0.1) is 10.4 Å². The highest BCUT2D eigenvalue weighted by atomic mass is 79.9. The van der Waals surface area contributed by atoms with Crippen molar-refractivity contribution in [2.75, 3.05) is 0 Å². The summed E-state index contributed by atoms with van der Waals surface area (Å²) in [5, 5.41) is 8.89. The monoisotopic (exact) mass is 272 g/mol. The van der Waals surface area contributed by atoms with E-state index in [1.54, 1.807) is 6.07 Å². The van der Waals surface area contributed by atoms with Crippen molar-refractivity contribution in [1.29, 1.82) is 0 Å². The van der Waals surface area contributed by atoms with E-state index in [0.29, 0.717) is 29.3 Å². The molecule has 0 spiro atoms. The van der Waals surface area contributed by atoms with Crippen molar-refractivity contribution in [3.8, 4) is 0 Å². The summed E-state index contributed by atoms with van der Waals surface area (Å²) in [6.45, 7) is 0. The maximum atomic E-state index is 13.7. The van der Waals surface area contributed by atoms with Crippen molar-refractivity contribution in [2.45, 2.75) is 19.3 Å². The third-order valence-electron chi connectivity index (χ3n) is 2.85. The molecule has 80 valence electrons. The Labute approximate surface area is 95.2 Å². The largest absolute Gasteiger partial charge is 0.481 e. The Morgan fingerprint density at radius 1 is 1.53 bits per heavy atom. The van der Waals surface area contributed by atoms with Gasteiger partial charge in [0.15, 0.2) is 0 Å². The molecular formula is C11H10BrFO2. The second-order valence-corrected chi connectivity index (χ2v) is 4.63. The summed E-state index contributed by atoms with van der Waals surface area (Å²) in [6.07, 6.45) is 1.55. The first-order valence-corrected chi connectivity index (χ1v) is 5.57. The SMILES string of the molecule is O=C(O)C1CCc2ccc(Br)c(F)c2C1. The molecule has 1 unspecified atom stereocenters. The van der Waals surface area contributed by atoms with Crippen molar-refractivity contribution in [3.05, 3.63) is 33.5 Å². The number of carboxylic acid groups (broad SMARTS) is 1. The summed E-state index contributed by atoms with van der Waals surface area (Å²) in [5.74, 6) is -1.58. The number of halogens is 2. The number of hydrogen-bond donors (Lipinski definition) is 1. The molecule has 15 heavy (non-hydrogen) atoms. The summed E-state index contributed by atoms with van der Waals surface area (Å²) in [4.78, 5) is 10.8. The van der Waals surface area contributed by atoms with Crippen LogP contribution in [0.5, 0.6) is 0 Å². The van der Waals surface area contributed by atoms with E-state index >= 15 is 0 Å². The first-order valence-electron chi connectivity index (χ1n) is 4.78. The quantitative estimate of drug-likeness (QED) is 0.854. The molecule has 4 heteroatoms. The Bertz CT molecular complexity index is 417. The lowest BCUT2D eigenvalue weighted by Gasteiger charge is -2.22. The highest BCUT2D eigenvalue weighted by molar-refractivity contribution is 9.10. The van der Waals surface area contributed by atoms with Crippen LogP contribution in [0.15, 0.2) is 16.6 Å². The van der Waals surface area contributed by atoms with Gasteiger partial charge < -0.3 is 5.11 Å². The van der Waals surface area contributed by atoms with Gasteiger partial charge in [0.1, 0.15) is 5.82 Å². The third kappa shape index (κ3) is 1.91. The van der Waals surface area contributed by atoms with Crippen LogP contribution in [0, 0.1) is 11.7 Å². The van der Waals surface area contributed by atoms with Crippen molar-refractivity contribution >= 4 is 21.9 Å². The fourth-order valence-corrected chi connectivity index (χ4v) is 2.35. The van der Waals surface area contributed by atoms with Gasteiger partial charge in [-0.3, -0.25) is 4.79 Å². The van der Waals surface area contributed by atoms with Crippen LogP contribution in [-0.4, -0.2) is 11.1 Å². The highest BCUT2D eigenvalue weighted by Crippen LogP contribution is 2.31. The summed E-state index contributed by atoms with van der Waals surface area (Å²) in [6, 6.07) is 3.54. The standard InChI is InChI=1S/C11H10BrFO2/c12-9-4-3-6-1-2-7(11(14)15)5-8(6)10(9)13/h3-4,7H,1-2,5H2,(H,14,15). The van der Waals surface area contributed by atoms with Gasteiger partial charge in [0.25, 0.3) is 0 Å². The minimum atomic E-state index is -0.833. The maximum absolute atomic E-state index is 13.7. The molecule has 0 aromatic heterocycles. The van der Waals surface area contributed by atoms with Gasteiger partial charge in [0, 0.05) is 0 Å². The highest BCUT2D eigenvalue weighted by Gasteiger charge is 2.26. The Morgan fingerprint density at radius 2 is 2.27 bits per heavy atom. The lowest BCUT2D eigenvalue weighted by Crippen LogP contribution is -2.23. The van der Waals surface area contributed by atoms with E-state index in [9.17, 15) is 9.18 Å². The summed E-state index contributed by atoms with van der Waals surface area (Å²) < 4.78 is 14.1. The molecule has 0 bridgehead atoms. The first-order chi connectivity index (χ1) is 7.09. The second kappa shape index (κ2) is 3.93. The molecule has 0 saturated carbocycles. The molecule has 1 aromatic carbocycles. The Balaban J connectivity index is 2.39. The molecule has 1 atom stereocenters. The molecule has 0 heterocycles. The zero-order valence-corrected chi connectivity index (χ0v) is 9.55. The topological polar surface area (TPSA) is 37.3 Å². The normalized spacial score (nSPS) is 19.7. The minimum absolute atomic E-state index is 0.302. The molecule has 2 rings (SSSR count). The first kappa shape index (κ1) is 10.6. The molecule has 0 aliphatic heterocycles. The summed E-state index contributed by atoms with van der Waals surface area (Å²) in [7, 11) is 0. The Kier molecular flexibility index (Phi) is 2.78. The predicted molar refractivity (Wildman–Crippen MR) is 57.3 cm³/mol. The van der Waals surface area contributed by atoms with E-state index < -0.39 is 11.9 Å². The van der Waals surface area contributed by atoms with Crippen molar-refractivity contribution in [3.63, 3.8) is 0 Å². The number of rotatable bonds is 1. The molecule has 1 aliphatic carbocycles. The Hall–Kier alpha value is -0.900. The average Bonchev–Trinajstić information content (AvgIpc) is 2.23. The van der Waals surface area contributed by atoms with Crippen molar-refractivity contribution in [1.82, 2.24) is 0 Å². The molecule has 2 nitrogen and oxygen atoms in total. The summed E-state index contributed by atoms with van der Waals surface area (Å²) in [5.41, 5.74) is 1.50.